The fourth-order valence-electron chi connectivity index (χ4n) is 1.95. The van der Waals surface area contributed by atoms with E-state index >= 15 is 0 Å². The molecule has 0 aliphatic heterocycles. The van der Waals surface area contributed by atoms with E-state index in [-0.39, 0.29) is 5.03 Å². The number of nitrogens with one attached hydrogen (secondary N) is 2. The standard InChI is InChI=1S/C12H20N4O2S2/c1-3-5-6-7-14-20(17,18)11-10(13-4-2)15-12-16(11)8-9-19-12/h8-9,13-14H,3-7H2,1-2H3. The zero-order valence-corrected chi connectivity index (χ0v) is 13.4. The first-order valence-corrected chi connectivity index (χ1v) is 9.15. The SMILES string of the molecule is CCCCCNS(=O)(=O)c1c(NCC)nc2sccn12. The summed E-state index contributed by atoms with van der Waals surface area (Å²) in [6.07, 6.45) is 4.65. The third-order valence-electron chi connectivity index (χ3n) is 2.89. The zero-order chi connectivity index (χ0) is 14.6. The Morgan fingerprint density at radius 2 is 2.15 bits per heavy atom. The van der Waals surface area contributed by atoms with Crippen LogP contribution in [0.2, 0.25) is 0 Å². The largest absolute Gasteiger partial charge is 0.368 e. The highest BCUT2D eigenvalue weighted by Gasteiger charge is 2.25. The van der Waals surface area contributed by atoms with Crippen LogP contribution in [0.4, 0.5) is 5.82 Å². The van der Waals surface area contributed by atoms with Crippen molar-refractivity contribution in [1.82, 2.24) is 14.1 Å². The zero-order valence-electron chi connectivity index (χ0n) is 11.7. The molecule has 0 atom stereocenters. The van der Waals surface area contributed by atoms with Gasteiger partial charge in [-0.25, -0.2) is 18.1 Å². The minimum absolute atomic E-state index is 0.201. The number of fused-ring (bicyclic) bond motifs is 1. The van der Waals surface area contributed by atoms with Crippen molar-refractivity contribution in [2.24, 2.45) is 0 Å². The second-order valence-electron chi connectivity index (χ2n) is 4.46. The Bertz CT molecular complexity index is 660. The summed E-state index contributed by atoms with van der Waals surface area (Å²) in [5.74, 6) is 0.419. The second kappa shape index (κ2) is 6.55. The maximum Gasteiger partial charge on any atom is 0.260 e. The van der Waals surface area contributed by atoms with Crippen LogP contribution in [0.3, 0.4) is 0 Å². The molecule has 0 fully saturated rings. The number of thiazole rings is 1. The molecule has 0 radical (unpaired) electrons. The fraction of sp³-hybridized carbons (Fsp3) is 0.583. The summed E-state index contributed by atoms with van der Waals surface area (Å²) in [6.45, 7) is 5.09. The molecule has 2 rings (SSSR count). The number of imidazole rings is 1. The van der Waals surface area contributed by atoms with Gasteiger partial charge in [-0.1, -0.05) is 19.8 Å². The second-order valence-corrected chi connectivity index (χ2v) is 7.01. The lowest BCUT2D eigenvalue weighted by molar-refractivity contribution is 0.571. The van der Waals surface area contributed by atoms with Crippen molar-refractivity contribution < 1.29 is 8.42 Å². The number of hydrogen-bond donors (Lipinski definition) is 2. The van der Waals surface area contributed by atoms with Gasteiger partial charge in [0.25, 0.3) is 10.0 Å². The van der Waals surface area contributed by atoms with Gasteiger partial charge in [0.1, 0.15) is 0 Å². The van der Waals surface area contributed by atoms with Crippen LogP contribution in [0.5, 0.6) is 0 Å². The third-order valence-corrected chi connectivity index (χ3v) is 5.13. The molecule has 0 aromatic carbocycles. The predicted octanol–water partition coefficient (Wildman–Crippen LogP) is 2.30. The molecule has 0 saturated heterocycles. The van der Waals surface area contributed by atoms with Gasteiger partial charge in [-0.3, -0.25) is 4.40 Å². The summed E-state index contributed by atoms with van der Waals surface area (Å²) in [5, 5.41) is 5.04. The van der Waals surface area contributed by atoms with Crippen molar-refractivity contribution in [1.29, 1.82) is 0 Å². The Morgan fingerprint density at radius 3 is 2.85 bits per heavy atom. The van der Waals surface area contributed by atoms with Crippen molar-refractivity contribution in [2.75, 3.05) is 18.4 Å². The predicted molar refractivity (Wildman–Crippen MR) is 81.9 cm³/mol. The van der Waals surface area contributed by atoms with Crippen molar-refractivity contribution in [3.63, 3.8) is 0 Å². The highest BCUT2D eigenvalue weighted by molar-refractivity contribution is 7.89. The lowest BCUT2D eigenvalue weighted by Crippen LogP contribution is -2.26. The molecule has 2 aromatic heterocycles. The number of anilines is 1. The average Bonchev–Trinajstić information content (AvgIpc) is 2.95. The first-order valence-electron chi connectivity index (χ1n) is 6.79. The summed E-state index contributed by atoms with van der Waals surface area (Å²) < 4.78 is 29.2. The van der Waals surface area contributed by atoms with Crippen molar-refractivity contribution in [3.05, 3.63) is 11.6 Å². The van der Waals surface area contributed by atoms with Gasteiger partial charge in [-0.05, 0) is 13.3 Å². The van der Waals surface area contributed by atoms with Crippen LogP contribution in [0.1, 0.15) is 33.1 Å². The molecule has 2 N–H and O–H groups in total. The van der Waals surface area contributed by atoms with Crippen molar-refractivity contribution in [2.45, 2.75) is 38.1 Å². The Kier molecular flexibility index (Phi) is 5.00. The van der Waals surface area contributed by atoms with Gasteiger partial charge < -0.3 is 5.32 Å². The molecular weight excluding hydrogens is 296 g/mol. The summed E-state index contributed by atoms with van der Waals surface area (Å²) in [7, 11) is -3.55. The number of hydrogen-bond acceptors (Lipinski definition) is 5. The molecule has 0 saturated carbocycles. The molecule has 0 aliphatic carbocycles. The Morgan fingerprint density at radius 1 is 1.35 bits per heavy atom. The highest BCUT2D eigenvalue weighted by atomic mass is 32.2. The molecule has 112 valence electrons. The van der Waals surface area contributed by atoms with Crippen LogP contribution in [0, 0.1) is 0 Å². The average molecular weight is 316 g/mol. The number of sulfonamides is 1. The molecule has 0 amide bonds. The molecule has 20 heavy (non-hydrogen) atoms. The minimum Gasteiger partial charge on any atom is -0.368 e. The normalized spacial score (nSPS) is 12.1. The molecular formula is C12H20N4O2S2. The van der Waals surface area contributed by atoms with Crippen LogP contribution < -0.4 is 10.0 Å². The number of rotatable bonds is 8. The first kappa shape index (κ1) is 15.3. The van der Waals surface area contributed by atoms with E-state index in [2.05, 4.69) is 21.9 Å². The first-order chi connectivity index (χ1) is 9.60. The van der Waals surface area contributed by atoms with Crippen LogP contribution in [0.25, 0.3) is 4.96 Å². The summed E-state index contributed by atoms with van der Waals surface area (Å²) in [4.78, 5) is 5.00. The molecule has 6 nitrogen and oxygen atoms in total. The van der Waals surface area contributed by atoms with Gasteiger partial charge in [0.15, 0.2) is 15.8 Å². The molecule has 2 heterocycles. The van der Waals surface area contributed by atoms with Crippen molar-refractivity contribution >= 4 is 32.1 Å². The van der Waals surface area contributed by atoms with Gasteiger partial charge in [0, 0.05) is 24.7 Å². The maximum atomic E-state index is 12.5. The lowest BCUT2D eigenvalue weighted by Gasteiger charge is -2.08. The molecule has 8 heteroatoms. The topological polar surface area (TPSA) is 75.5 Å². The van der Waals surface area contributed by atoms with E-state index in [9.17, 15) is 8.42 Å². The summed E-state index contributed by atoms with van der Waals surface area (Å²) >= 11 is 1.42. The van der Waals surface area contributed by atoms with Crippen LogP contribution >= 0.6 is 11.3 Å². The quantitative estimate of drug-likeness (QED) is 0.733. The van der Waals surface area contributed by atoms with E-state index < -0.39 is 10.0 Å². The molecule has 0 bridgehead atoms. The van der Waals surface area contributed by atoms with Gasteiger partial charge in [0.2, 0.25) is 0 Å². The Hall–Kier alpha value is -1.12. The van der Waals surface area contributed by atoms with E-state index in [0.717, 1.165) is 19.3 Å². The fourth-order valence-corrected chi connectivity index (χ4v) is 4.05. The maximum absolute atomic E-state index is 12.5. The third kappa shape index (κ3) is 3.13. The van der Waals surface area contributed by atoms with Crippen LogP contribution in [-0.2, 0) is 10.0 Å². The number of aromatic nitrogens is 2. The highest BCUT2D eigenvalue weighted by Crippen LogP contribution is 2.25. The monoisotopic (exact) mass is 316 g/mol. The van der Waals surface area contributed by atoms with Crippen molar-refractivity contribution in [3.8, 4) is 0 Å². The van der Waals surface area contributed by atoms with E-state index in [1.54, 1.807) is 10.6 Å². The van der Waals surface area contributed by atoms with Gasteiger partial charge >= 0.3 is 0 Å². The smallest absolute Gasteiger partial charge is 0.260 e. The van der Waals surface area contributed by atoms with Crippen LogP contribution in [0.15, 0.2) is 16.6 Å². The summed E-state index contributed by atoms with van der Waals surface area (Å²) in [5.41, 5.74) is 0. The molecule has 0 aliphatic rings. The summed E-state index contributed by atoms with van der Waals surface area (Å²) in [6, 6.07) is 0. The van der Waals surface area contributed by atoms with Gasteiger partial charge in [0.05, 0.1) is 0 Å². The van der Waals surface area contributed by atoms with Gasteiger partial charge in [-0.15, -0.1) is 11.3 Å². The van der Waals surface area contributed by atoms with Gasteiger partial charge in [-0.2, -0.15) is 0 Å². The van der Waals surface area contributed by atoms with E-state index in [1.807, 2.05) is 12.3 Å². The van der Waals surface area contributed by atoms with Crippen LogP contribution in [-0.4, -0.2) is 30.9 Å². The van der Waals surface area contributed by atoms with E-state index in [4.69, 9.17) is 0 Å². The van der Waals surface area contributed by atoms with E-state index in [0.29, 0.717) is 23.9 Å². The lowest BCUT2D eigenvalue weighted by atomic mass is 10.3. The molecule has 2 aromatic rings. The molecule has 0 spiro atoms. The Labute approximate surface area is 123 Å². The number of unbranched alkanes of at least 4 members (excludes halogenated alkanes) is 2. The minimum atomic E-state index is -3.55. The van der Waals surface area contributed by atoms with E-state index in [1.165, 1.54) is 11.3 Å². The number of nitrogens with zero attached hydrogens (tertiary/aromatic N) is 2. The molecule has 0 unspecified atom stereocenters. The Balaban J connectivity index is 2.29.